The Kier molecular flexibility index (Phi) is 4.37. The maximum absolute atomic E-state index is 5.44. The van der Waals surface area contributed by atoms with E-state index in [1.807, 2.05) is 24.3 Å². The van der Waals surface area contributed by atoms with Gasteiger partial charge in [0.15, 0.2) is 0 Å². The van der Waals surface area contributed by atoms with Gasteiger partial charge in [0.1, 0.15) is 5.75 Å². The Morgan fingerprint density at radius 2 is 2.13 bits per heavy atom. The largest absolute Gasteiger partial charge is 0.496 e. The van der Waals surface area contributed by atoms with Gasteiger partial charge in [-0.15, -0.1) is 0 Å². The number of methoxy groups -OCH3 is 1. The van der Waals surface area contributed by atoms with Crippen LogP contribution in [0.3, 0.4) is 0 Å². The summed E-state index contributed by atoms with van der Waals surface area (Å²) in [6, 6.07) is 6.19. The van der Waals surface area contributed by atoms with Gasteiger partial charge in [-0.25, -0.2) is 0 Å². The fourth-order valence-corrected chi connectivity index (χ4v) is 1.59. The molecule has 0 saturated carbocycles. The molecule has 0 radical (unpaired) electrons. The SMILES string of the molecule is COc1c(/C=C/CN)cccc1C(C)C. The van der Waals surface area contributed by atoms with Crippen LogP contribution in [-0.4, -0.2) is 13.7 Å². The zero-order valence-corrected chi connectivity index (χ0v) is 9.66. The minimum atomic E-state index is 0.464. The van der Waals surface area contributed by atoms with Gasteiger partial charge in [0.25, 0.3) is 0 Å². The maximum atomic E-state index is 5.44. The fraction of sp³-hybridized carbons (Fsp3) is 0.385. The quantitative estimate of drug-likeness (QED) is 0.820. The number of hydrogen-bond acceptors (Lipinski definition) is 2. The molecule has 0 aromatic heterocycles. The fourth-order valence-electron chi connectivity index (χ4n) is 1.59. The van der Waals surface area contributed by atoms with Gasteiger partial charge in [0, 0.05) is 12.1 Å². The van der Waals surface area contributed by atoms with Crippen molar-refractivity contribution in [3.8, 4) is 5.75 Å². The molecule has 0 aliphatic heterocycles. The molecule has 0 saturated heterocycles. The predicted molar refractivity (Wildman–Crippen MR) is 65.2 cm³/mol. The Morgan fingerprint density at radius 3 is 2.67 bits per heavy atom. The Balaban J connectivity index is 3.16. The first-order valence-electron chi connectivity index (χ1n) is 5.24. The van der Waals surface area contributed by atoms with Crippen LogP contribution in [0, 0.1) is 0 Å². The second-order valence-corrected chi connectivity index (χ2v) is 3.76. The third-order valence-corrected chi connectivity index (χ3v) is 2.34. The lowest BCUT2D eigenvalue weighted by Crippen LogP contribution is -1.97. The van der Waals surface area contributed by atoms with E-state index in [1.54, 1.807) is 7.11 Å². The number of rotatable bonds is 4. The van der Waals surface area contributed by atoms with Crippen LogP contribution in [0.5, 0.6) is 5.75 Å². The highest BCUT2D eigenvalue weighted by atomic mass is 16.5. The molecule has 0 atom stereocenters. The van der Waals surface area contributed by atoms with Gasteiger partial charge in [0.2, 0.25) is 0 Å². The van der Waals surface area contributed by atoms with Crippen molar-refractivity contribution in [2.24, 2.45) is 5.73 Å². The van der Waals surface area contributed by atoms with Gasteiger partial charge in [-0.05, 0) is 11.5 Å². The van der Waals surface area contributed by atoms with E-state index in [0.717, 1.165) is 11.3 Å². The monoisotopic (exact) mass is 205 g/mol. The molecule has 82 valence electrons. The summed E-state index contributed by atoms with van der Waals surface area (Å²) in [6.45, 7) is 4.87. The van der Waals surface area contributed by atoms with E-state index in [0.29, 0.717) is 12.5 Å². The number of hydrogen-bond donors (Lipinski definition) is 1. The van der Waals surface area contributed by atoms with Crippen molar-refractivity contribution in [1.29, 1.82) is 0 Å². The smallest absolute Gasteiger partial charge is 0.129 e. The van der Waals surface area contributed by atoms with Crippen LogP contribution in [0.4, 0.5) is 0 Å². The third kappa shape index (κ3) is 2.83. The highest BCUT2D eigenvalue weighted by Gasteiger charge is 2.09. The molecule has 0 bridgehead atoms. The van der Waals surface area contributed by atoms with Crippen LogP contribution in [0.25, 0.3) is 6.08 Å². The molecule has 0 unspecified atom stereocenters. The molecule has 0 amide bonds. The van der Waals surface area contributed by atoms with E-state index < -0.39 is 0 Å². The summed E-state index contributed by atoms with van der Waals surface area (Å²) in [5.74, 6) is 1.42. The molecule has 0 heterocycles. The molecule has 1 aromatic carbocycles. The van der Waals surface area contributed by atoms with Crippen LogP contribution < -0.4 is 10.5 Å². The second kappa shape index (κ2) is 5.56. The van der Waals surface area contributed by atoms with Crippen LogP contribution in [-0.2, 0) is 0 Å². The summed E-state index contributed by atoms with van der Waals surface area (Å²) < 4.78 is 5.44. The first kappa shape index (κ1) is 11.8. The van der Waals surface area contributed by atoms with Gasteiger partial charge in [0.05, 0.1) is 7.11 Å². The van der Waals surface area contributed by atoms with E-state index in [1.165, 1.54) is 5.56 Å². The van der Waals surface area contributed by atoms with Crippen molar-refractivity contribution in [3.63, 3.8) is 0 Å². The molecule has 2 nitrogen and oxygen atoms in total. The van der Waals surface area contributed by atoms with Crippen LogP contribution in [0.1, 0.15) is 30.9 Å². The van der Waals surface area contributed by atoms with Crippen LogP contribution in [0.2, 0.25) is 0 Å². The summed E-state index contributed by atoms with van der Waals surface area (Å²) >= 11 is 0. The Morgan fingerprint density at radius 1 is 1.40 bits per heavy atom. The summed E-state index contributed by atoms with van der Waals surface area (Å²) in [6.07, 6.45) is 3.94. The number of para-hydroxylation sites is 1. The molecule has 0 aliphatic carbocycles. The summed E-state index contributed by atoms with van der Waals surface area (Å²) in [5, 5.41) is 0. The lowest BCUT2D eigenvalue weighted by atomic mass is 9.99. The van der Waals surface area contributed by atoms with E-state index in [-0.39, 0.29) is 0 Å². The standard InChI is InChI=1S/C13H19NO/c1-10(2)12-8-4-6-11(7-5-9-14)13(12)15-3/h4-8,10H,9,14H2,1-3H3/b7-5+. The molecule has 0 aliphatic rings. The molecular formula is C13H19NO. The Hall–Kier alpha value is -1.28. The molecule has 15 heavy (non-hydrogen) atoms. The minimum absolute atomic E-state index is 0.464. The first-order valence-corrected chi connectivity index (χ1v) is 5.24. The third-order valence-electron chi connectivity index (χ3n) is 2.34. The predicted octanol–water partition coefficient (Wildman–Crippen LogP) is 2.79. The topological polar surface area (TPSA) is 35.2 Å². The Bertz CT molecular complexity index is 342. The number of nitrogens with two attached hydrogens (primary N) is 1. The van der Waals surface area contributed by atoms with E-state index in [2.05, 4.69) is 19.9 Å². The summed E-state index contributed by atoms with van der Waals surface area (Å²) in [4.78, 5) is 0. The van der Waals surface area contributed by atoms with Crippen molar-refractivity contribution in [2.45, 2.75) is 19.8 Å². The molecule has 2 N–H and O–H groups in total. The van der Waals surface area contributed by atoms with Crippen molar-refractivity contribution in [3.05, 3.63) is 35.4 Å². The highest BCUT2D eigenvalue weighted by molar-refractivity contribution is 5.60. The molecule has 2 heteroatoms. The maximum Gasteiger partial charge on any atom is 0.129 e. The van der Waals surface area contributed by atoms with E-state index >= 15 is 0 Å². The van der Waals surface area contributed by atoms with Gasteiger partial charge in [-0.1, -0.05) is 44.2 Å². The van der Waals surface area contributed by atoms with Gasteiger partial charge in [-0.2, -0.15) is 0 Å². The normalized spacial score (nSPS) is 11.3. The molecule has 0 fully saturated rings. The van der Waals surface area contributed by atoms with Gasteiger partial charge >= 0.3 is 0 Å². The first-order chi connectivity index (χ1) is 7.20. The second-order valence-electron chi connectivity index (χ2n) is 3.76. The Labute approximate surface area is 91.7 Å². The summed E-state index contributed by atoms with van der Waals surface area (Å²) in [5.41, 5.74) is 7.76. The minimum Gasteiger partial charge on any atom is -0.496 e. The summed E-state index contributed by atoms with van der Waals surface area (Å²) in [7, 11) is 1.71. The van der Waals surface area contributed by atoms with E-state index in [4.69, 9.17) is 10.5 Å². The van der Waals surface area contributed by atoms with Crippen LogP contribution >= 0.6 is 0 Å². The zero-order valence-electron chi connectivity index (χ0n) is 9.66. The lowest BCUT2D eigenvalue weighted by molar-refractivity contribution is 0.406. The van der Waals surface area contributed by atoms with Crippen molar-refractivity contribution >= 4 is 6.08 Å². The average Bonchev–Trinajstić information content (AvgIpc) is 2.25. The average molecular weight is 205 g/mol. The van der Waals surface area contributed by atoms with Crippen molar-refractivity contribution < 1.29 is 4.74 Å². The molecular weight excluding hydrogens is 186 g/mol. The van der Waals surface area contributed by atoms with Gasteiger partial charge in [-0.3, -0.25) is 0 Å². The number of ether oxygens (including phenoxy) is 1. The molecule has 1 rings (SSSR count). The highest BCUT2D eigenvalue weighted by Crippen LogP contribution is 2.30. The molecule has 1 aromatic rings. The van der Waals surface area contributed by atoms with Crippen LogP contribution in [0.15, 0.2) is 24.3 Å². The van der Waals surface area contributed by atoms with E-state index in [9.17, 15) is 0 Å². The number of benzene rings is 1. The zero-order chi connectivity index (χ0) is 11.3. The van der Waals surface area contributed by atoms with Gasteiger partial charge < -0.3 is 10.5 Å². The van der Waals surface area contributed by atoms with Crippen molar-refractivity contribution in [2.75, 3.05) is 13.7 Å². The van der Waals surface area contributed by atoms with Crippen molar-refractivity contribution in [1.82, 2.24) is 0 Å². The lowest BCUT2D eigenvalue weighted by Gasteiger charge is -2.13. The molecule has 0 spiro atoms.